The SMILES string of the molecule is C=CCOc1ccc(C(=O)Nc2ccc(OCC(=O)N(CC)CC)c(Cl)c2)cc1. The van der Waals surface area contributed by atoms with E-state index in [0.717, 1.165) is 0 Å². The van der Waals surface area contributed by atoms with E-state index >= 15 is 0 Å². The Morgan fingerprint density at radius 2 is 1.79 bits per heavy atom. The quantitative estimate of drug-likeness (QED) is 0.583. The number of carbonyl (C=O) groups excluding carboxylic acids is 2. The van der Waals surface area contributed by atoms with Gasteiger partial charge in [-0.15, -0.1) is 0 Å². The molecule has 0 fully saturated rings. The second-order valence-corrected chi connectivity index (χ2v) is 6.49. The van der Waals surface area contributed by atoms with Crippen molar-refractivity contribution in [3.8, 4) is 11.5 Å². The fourth-order valence-electron chi connectivity index (χ4n) is 2.56. The molecular formula is C22H25ClN2O4. The maximum atomic E-state index is 12.4. The molecule has 0 aliphatic carbocycles. The van der Waals surface area contributed by atoms with Gasteiger partial charge in [0.2, 0.25) is 0 Å². The summed E-state index contributed by atoms with van der Waals surface area (Å²) in [5.74, 6) is 0.657. The third-order valence-corrected chi connectivity index (χ3v) is 4.44. The van der Waals surface area contributed by atoms with E-state index in [2.05, 4.69) is 11.9 Å². The van der Waals surface area contributed by atoms with Crippen LogP contribution >= 0.6 is 11.6 Å². The number of nitrogens with one attached hydrogen (secondary N) is 1. The number of hydrogen-bond donors (Lipinski definition) is 1. The van der Waals surface area contributed by atoms with Crippen LogP contribution < -0.4 is 14.8 Å². The summed E-state index contributed by atoms with van der Waals surface area (Å²) in [5, 5.41) is 3.09. The Labute approximate surface area is 176 Å². The van der Waals surface area contributed by atoms with Gasteiger partial charge in [0.05, 0.1) is 5.02 Å². The number of amides is 2. The normalized spacial score (nSPS) is 10.2. The van der Waals surface area contributed by atoms with E-state index < -0.39 is 0 Å². The van der Waals surface area contributed by atoms with Crippen molar-refractivity contribution >= 4 is 29.1 Å². The summed E-state index contributed by atoms with van der Waals surface area (Å²) >= 11 is 6.23. The van der Waals surface area contributed by atoms with E-state index in [1.165, 1.54) is 0 Å². The zero-order valence-corrected chi connectivity index (χ0v) is 17.4. The highest BCUT2D eigenvalue weighted by atomic mass is 35.5. The highest BCUT2D eigenvalue weighted by Crippen LogP contribution is 2.28. The lowest BCUT2D eigenvalue weighted by atomic mass is 10.2. The maximum Gasteiger partial charge on any atom is 0.260 e. The predicted molar refractivity (Wildman–Crippen MR) is 115 cm³/mol. The summed E-state index contributed by atoms with van der Waals surface area (Å²) in [6.45, 7) is 8.97. The zero-order chi connectivity index (χ0) is 21.2. The summed E-state index contributed by atoms with van der Waals surface area (Å²) in [4.78, 5) is 26.1. The van der Waals surface area contributed by atoms with Gasteiger partial charge in [-0.3, -0.25) is 9.59 Å². The molecule has 0 aromatic heterocycles. The molecule has 0 saturated heterocycles. The average molecular weight is 417 g/mol. The van der Waals surface area contributed by atoms with Crippen molar-refractivity contribution in [3.05, 3.63) is 65.7 Å². The molecule has 2 rings (SSSR count). The molecule has 0 spiro atoms. The fourth-order valence-corrected chi connectivity index (χ4v) is 2.80. The molecule has 7 heteroatoms. The molecule has 0 aliphatic rings. The Kier molecular flexibility index (Phi) is 8.55. The number of rotatable bonds is 10. The molecule has 1 N–H and O–H groups in total. The van der Waals surface area contributed by atoms with Crippen LogP contribution in [0.2, 0.25) is 5.02 Å². The minimum Gasteiger partial charge on any atom is -0.490 e. The van der Waals surface area contributed by atoms with Gasteiger partial charge in [0.15, 0.2) is 6.61 Å². The standard InChI is InChI=1S/C22H25ClN2O4/c1-4-13-28-18-10-7-16(8-11-18)22(27)24-17-9-12-20(19(23)14-17)29-15-21(26)25(5-2)6-3/h4,7-12,14H,1,5-6,13,15H2,2-3H3,(H,24,27). The third kappa shape index (κ3) is 6.54. The summed E-state index contributed by atoms with van der Waals surface area (Å²) in [6.07, 6.45) is 1.65. The van der Waals surface area contributed by atoms with Gasteiger partial charge in [0.25, 0.3) is 11.8 Å². The lowest BCUT2D eigenvalue weighted by Gasteiger charge is -2.19. The van der Waals surface area contributed by atoms with Crippen LogP contribution in [0, 0.1) is 0 Å². The second-order valence-electron chi connectivity index (χ2n) is 6.08. The molecule has 0 radical (unpaired) electrons. The minimum atomic E-state index is -0.276. The largest absolute Gasteiger partial charge is 0.490 e. The molecule has 0 saturated carbocycles. The number of anilines is 1. The van der Waals surface area contributed by atoms with Crippen molar-refractivity contribution in [2.45, 2.75) is 13.8 Å². The first-order chi connectivity index (χ1) is 14.0. The van der Waals surface area contributed by atoms with E-state index in [-0.39, 0.29) is 18.4 Å². The van der Waals surface area contributed by atoms with Crippen LogP contribution in [0.4, 0.5) is 5.69 Å². The molecule has 29 heavy (non-hydrogen) atoms. The van der Waals surface area contributed by atoms with Gasteiger partial charge in [-0.1, -0.05) is 24.3 Å². The first kappa shape index (κ1) is 22.3. The second kappa shape index (κ2) is 11.1. The molecule has 0 bridgehead atoms. The Hall–Kier alpha value is -2.99. The first-order valence-electron chi connectivity index (χ1n) is 9.33. The first-order valence-corrected chi connectivity index (χ1v) is 9.71. The van der Waals surface area contributed by atoms with E-state index in [1.807, 2.05) is 13.8 Å². The molecule has 2 aromatic rings. The van der Waals surface area contributed by atoms with Crippen molar-refractivity contribution in [2.75, 3.05) is 31.6 Å². The van der Waals surface area contributed by atoms with E-state index in [0.29, 0.717) is 47.5 Å². The fraction of sp³-hybridized carbons (Fsp3) is 0.273. The minimum absolute atomic E-state index is 0.0899. The van der Waals surface area contributed by atoms with Crippen molar-refractivity contribution in [2.24, 2.45) is 0 Å². The number of nitrogens with zero attached hydrogens (tertiary/aromatic N) is 1. The molecule has 6 nitrogen and oxygen atoms in total. The van der Waals surface area contributed by atoms with Crippen molar-refractivity contribution < 1.29 is 19.1 Å². The lowest BCUT2D eigenvalue weighted by molar-refractivity contribution is -0.132. The molecule has 154 valence electrons. The Morgan fingerprint density at radius 3 is 2.38 bits per heavy atom. The van der Waals surface area contributed by atoms with E-state index in [1.54, 1.807) is 53.4 Å². The van der Waals surface area contributed by atoms with E-state index in [4.69, 9.17) is 21.1 Å². The van der Waals surface area contributed by atoms with Crippen LogP contribution in [0.1, 0.15) is 24.2 Å². The van der Waals surface area contributed by atoms with Crippen molar-refractivity contribution in [3.63, 3.8) is 0 Å². The average Bonchev–Trinajstić information content (AvgIpc) is 2.73. The van der Waals surface area contributed by atoms with Crippen LogP contribution in [0.25, 0.3) is 0 Å². The van der Waals surface area contributed by atoms with Gasteiger partial charge in [0, 0.05) is 24.3 Å². The highest BCUT2D eigenvalue weighted by Gasteiger charge is 2.13. The third-order valence-electron chi connectivity index (χ3n) is 4.14. The summed E-state index contributed by atoms with van der Waals surface area (Å²) in [7, 11) is 0. The number of hydrogen-bond acceptors (Lipinski definition) is 4. The summed E-state index contributed by atoms with van der Waals surface area (Å²) in [5.41, 5.74) is 1.01. The molecule has 0 aliphatic heterocycles. The van der Waals surface area contributed by atoms with Crippen LogP contribution in [0.5, 0.6) is 11.5 Å². The number of benzene rings is 2. The zero-order valence-electron chi connectivity index (χ0n) is 16.6. The number of likely N-dealkylation sites (N-methyl/N-ethyl adjacent to an activating group) is 1. The van der Waals surface area contributed by atoms with Crippen LogP contribution in [-0.4, -0.2) is 43.0 Å². The van der Waals surface area contributed by atoms with Gasteiger partial charge >= 0.3 is 0 Å². The molecule has 2 amide bonds. The molecule has 0 unspecified atom stereocenters. The number of halogens is 1. The van der Waals surface area contributed by atoms with Gasteiger partial charge in [-0.05, 0) is 56.3 Å². The van der Waals surface area contributed by atoms with Crippen LogP contribution in [0.15, 0.2) is 55.1 Å². The summed E-state index contributed by atoms with van der Waals surface area (Å²) < 4.78 is 10.9. The van der Waals surface area contributed by atoms with Gasteiger partial charge in [-0.25, -0.2) is 0 Å². The Morgan fingerprint density at radius 1 is 1.10 bits per heavy atom. The van der Waals surface area contributed by atoms with Crippen LogP contribution in [-0.2, 0) is 4.79 Å². The molecular weight excluding hydrogens is 392 g/mol. The smallest absolute Gasteiger partial charge is 0.260 e. The van der Waals surface area contributed by atoms with Crippen molar-refractivity contribution in [1.29, 1.82) is 0 Å². The van der Waals surface area contributed by atoms with E-state index in [9.17, 15) is 9.59 Å². The molecule has 0 atom stereocenters. The summed E-state index contributed by atoms with van der Waals surface area (Å²) in [6, 6.07) is 11.7. The van der Waals surface area contributed by atoms with Crippen molar-refractivity contribution in [1.82, 2.24) is 4.90 Å². The Bertz CT molecular complexity index is 848. The highest BCUT2D eigenvalue weighted by molar-refractivity contribution is 6.32. The predicted octanol–water partition coefficient (Wildman–Crippen LogP) is 4.40. The number of carbonyl (C=O) groups is 2. The molecule has 2 aromatic carbocycles. The van der Waals surface area contributed by atoms with Crippen LogP contribution in [0.3, 0.4) is 0 Å². The lowest BCUT2D eigenvalue weighted by Crippen LogP contribution is -2.34. The maximum absolute atomic E-state index is 12.4. The Balaban J connectivity index is 1.96. The number of ether oxygens (including phenoxy) is 2. The monoisotopic (exact) mass is 416 g/mol. The molecule has 0 heterocycles. The van der Waals surface area contributed by atoms with Gasteiger partial charge in [0.1, 0.15) is 18.1 Å². The van der Waals surface area contributed by atoms with Gasteiger partial charge < -0.3 is 19.7 Å². The van der Waals surface area contributed by atoms with Gasteiger partial charge in [-0.2, -0.15) is 0 Å². The topological polar surface area (TPSA) is 67.9 Å².